The first-order valence-electron chi connectivity index (χ1n) is 12.3. The molecule has 0 aliphatic heterocycles. The van der Waals surface area contributed by atoms with Crippen molar-refractivity contribution < 1.29 is 15.3 Å². The Bertz CT molecular complexity index is 634. The van der Waals surface area contributed by atoms with Crippen LogP contribution in [-0.2, 0) is 0 Å². The average Bonchev–Trinajstić information content (AvgIpc) is 3.02. The Balaban J connectivity index is 1.54. The number of hydrogen-bond acceptors (Lipinski definition) is 3. The zero-order valence-electron chi connectivity index (χ0n) is 19.2. The van der Waals surface area contributed by atoms with Crippen LogP contribution in [0.2, 0.25) is 0 Å². The fraction of sp³-hybridized carbons (Fsp3) is 0.923. The molecule has 0 aromatic carbocycles. The van der Waals surface area contributed by atoms with Crippen LogP contribution in [0.4, 0.5) is 0 Å². The molecule has 0 unspecified atom stereocenters. The first kappa shape index (κ1) is 21.8. The van der Waals surface area contributed by atoms with Gasteiger partial charge in [-0.05, 0) is 113 Å². The van der Waals surface area contributed by atoms with Crippen molar-refractivity contribution >= 4 is 0 Å². The predicted octanol–water partition coefficient (Wildman–Crippen LogP) is 5.09. The van der Waals surface area contributed by atoms with E-state index in [1.807, 2.05) is 13.8 Å². The standard InChI is InChI=1S/C26H44O3/c1-17(9-12-24(2,3)29)21-7-8-22-20-6-5-18-15-19(28)10-14-26(18,16-27)23(20)11-13-25(21,22)4/h5,17,19-23,27-29H,6-16H2,1-4H3/t17-,19+,20+,21-,22+,23+,25-,26-/m1/s1. The number of fused-ring (bicyclic) bond motifs is 5. The van der Waals surface area contributed by atoms with Gasteiger partial charge < -0.3 is 15.3 Å². The van der Waals surface area contributed by atoms with E-state index in [-0.39, 0.29) is 18.1 Å². The van der Waals surface area contributed by atoms with Gasteiger partial charge >= 0.3 is 0 Å². The van der Waals surface area contributed by atoms with E-state index in [0.717, 1.165) is 50.4 Å². The molecule has 0 aromatic heterocycles. The van der Waals surface area contributed by atoms with E-state index in [1.165, 1.54) is 31.3 Å². The predicted molar refractivity (Wildman–Crippen MR) is 117 cm³/mol. The first-order chi connectivity index (χ1) is 13.6. The zero-order valence-corrected chi connectivity index (χ0v) is 19.2. The number of aliphatic hydroxyl groups is 3. The molecular formula is C26H44O3. The summed E-state index contributed by atoms with van der Waals surface area (Å²) in [6, 6.07) is 0. The van der Waals surface area contributed by atoms with Crippen LogP contribution >= 0.6 is 0 Å². The Kier molecular flexibility index (Phi) is 5.75. The molecule has 4 aliphatic rings. The fourth-order valence-electron chi connectivity index (χ4n) is 8.49. The molecule has 3 fully saturated rings. The van der Waals surface area contributed by atoms with Crippen LogP contribution in [0.3, 0.4) is 0 Å². The normalized spacial score (nSPS) is 45.8. The van der Waals surface area contributed by atoms with Gasteiger partial charge in [-0.2, -0.15) is 0 Å². The second kappa shape index (κ2) is 7.64. The summed E-state index contributed by atoms with van der Waals surface area (Å²) in [5.41, 5.74) is 1.18. The van der Waals surface area contributed by atoms with Crippen molar-refractivity contribution in [1.82, 2.24) is 0 Å². The summed E-state index contributed by atoms with van der Waals surface area (Å²) in [4.78, 5) is 0. The molecule has 0 heterocycles. The van der Waals surface area contributed by atoms with Crippen molar-refractivity contribution in [2.45, 2.75) is 104 Å². The summed E-state index contributed by atoms with van der Waals surface area (Å²) in [6.07, 6.45) is 13.2. The Morgan fingerprint density at radius 2 is 1.90 bits per heavy atom. The Hall–Kier alpha value is -0.380. The molecule has 3 nitrogen and oxygen atoms in total. The van der Waals surface area contributed by atoms with E-state index < -0.39 is 5.60 Å². The summed E-state index contributed by atoms with van der Waals surface area (Å²) in [5, 5.41) is 31.0. The van der Waals surface area contributed by atoms with Gasteiger partial charge in [0.15, 0.2) is 0 Å². The molecule has 0 aromatic rings. The Morgan fingerprint density at radius 3 is 2.59 bits per heavy atom. The highest BCUT2D eigenvalue weighted by atomic mass is 16.3. The van der Waals surface area contributed by atoms with E-state index in [2.05, 4.69) is 19.9 Å². The van der Waals surface area contributed by atoms with Crippen molar-refractivity contribution in [3.63, 3.8) is 0 Å². The van der Waals surface area contributed by atoms with Gasteiger partial charge in [-0.25, -0.2) is 0 Å². The highest BCUT2D eigenvalue weighted by Gasteiger charge is 2.60. The lowest BCUT2D eigenvalue weighted by atomic mass is 9.46. The average molecular weight is 405 g/mol. The van der Waals surface area contributed by atoms with Gasteiger partial charge in [0.2, 0.25) is 0 Å². The number of allylic oxidation sites excluding steroid dienone is 1. The molecule has 3 saturated carbocycles. The van der Waals surface area contributed by atoms with Gasteiger partial charge in [0.25, 0.3) is 0 Å². The van der Waals surface area contributed by atoms with Crippen molar-refractivity contribution in [1.29, 1.82) is 0 Å². The van der Waals surface area contributed by atoms with Gasteiger partial charge in [0.1, 0.15) is 0 Å². The monoisotopic (exact) mass is 404 g/mol. The molecule has 3 N–H and O–H groups in total. The molecule has 166 valence electrons. The van der Waals surface area contributed by atoms with Gasteiger partial charge in [-0.1, -0.05) is 25.5 Å². The van der Waals surface area contributed by atoms with E-state index >= 15 is 0 Å². The van der Waals surface area contributed by atoms with E-state index in [9.17, 15) is 15.3 Å². The summed E-state index contributed by atoms with van der Waals surface area (Å²) in [5.74, 6) is 3.50. The molecule has 0 spiro atoms. The maximum atomic E-state index is 10.5. The molecule has 29 heavy (non-hydrogen) atoms. The van der Waals surface area contributed by atoms with Crippen molar-refractivity contribution in [2.75, 3.05) is 6.61 Å². The maximum Gasteiger partial charge on any atom is 0.0591 e. The maximum absolute atomic E-state index is 10.5. The zero-order chi connectivity index (χ0) is 21.0. The van der Waals surface area contributed by atoms with Crippen LogP contribution in [0.5, 0.6) is 0 Å². The minimum absolute atomic E-state index is 0.0475. The number of hydrogen-bond donors (Lipinski definition) is 3. The van der Waals surface area contributed by atoms with Gasteiger partial charge in [0.05, 0.1) is 18.3 Å². The fourth-order valence-corrected chi connectivity index (χ4v) is 8.49. The summed E-state index contributed by atoms with van der Waals surface area (Å²) < 4.78 is 0. The number of aliphatic hydroxyl groups excluding tert-OH is 2. The Labute approximate surface area is 178 Å². The quantitative estimate of drug-likeness (QED) is 0.560. The molecule has 4 aliphatic carbocycles. The summed E-state index contributed by atoms with van der Waals surface area (Å²) in [7, 11) is 0. The van der Waals surface area contributed by atoms with Crippen LogP contribution < -0.4 is 0 Å². The van der Waals surface area contributed by atoms with Gasteiger partial charge in [-0.3, -0.25) is 0 Å². The molecule has 4 rings (SSSR count). The summed E-state index contributed by atoms with van der Waals surface area (Å²) in [6.45, 7) is 9.13. The van der Waals surface area contributed by atoms with Crippen molar-refractivity contribution in [3.05, 3.63) is 11.6 Å². The van der Waals surface area contributed by atoms with Gasteiger partial charge in [-0.15, -0.1) is 0 Å². The lowest BCUT2D eigenvalue weighted by Gasteiger charge is -2.59. The van der Waals surface area contributed by atoms with E-state index in [1.54, 1.807) is 0 Å². The lowest BCUT2D eigenvalue weighted by molar-refractivity contribution is -0.0802. The highest BCUT2D eigenvalue weighted by Crippen LogP contribution is 2.67. The topological polar surface area (TPSA) is 60.7 Å². The van der Waals surface area contributed by atoms with Crippen LogP contribution in [-0.4, -0.2) is 33.6 Å². The molecule has 3 heteroatoms. The second-order valence-corrected chi connectivity index (χ2v) is 12.1. The smallest absolute Gasteiger partial charge is 0.0591 e. The van der Waals surface area contributed by atoms with Crippen molar-refractivity contribution in [2.24, 2.45) is 40.4 Å². The SMILES string of the molecule is C[C@H](CCC(C)(C)O)[C@H]1CC[C@H]2[C@@H]3CC=C4C[C@@H](O)CC[C@]4(CO)[C@H]3CC[C@]12C. The summed E-state index contributed by atoms with van der Waals surface area (Å²) >= 11 is 0. The highest BCUT2D eigenvalue weighted by molar-refractivity contribution is 5.26. The van der Waals surface area contributed by atoms with E-state index in [0.29, 0.717) is 23.2 Å². The van der Waals surface area contributed by atoms with E-state index in [4.69, 9.17) is 0 Å². The molecular weight excluding hydrogens is 360 g/mol. The minimum atomic E-state index is -0.561. The lowest BCUT2D eigenvalue weighted by Crippen LogP contribution is -2.53. The Morgan fingerprint density at radius 1 is 1.14 bits per heavy atom. The first-order valence-corrected chi connectivity index (χ1v) is 12.3. The molecule has 8 atom stereocenters. The third-order valence-electron chi connectivity index (χ3n) is 10.1. The third-order valence-corrected chi connectivity index (χ3v) is 10.1. The van der Waals surface area contributed by atoms with Crippen LogP contribution in [0.25, 0.3) is 0 Å². The molecule has 0 saturated heterocycles. The number of rotatable bonds is 5. The van der Waals surface area contributed by atoms with Gasteiger partial charge in [0, 0.05) is 5.41 Å². The molecule has 0 radical (unpaired) electrons. The van der Waals surface area contributed by atoms with Crippen LogP contribution in [0, 0.1) is 40.4 Å². The van der Waals surface area contributed by atoms with Crippen LogP contribution in [0.15, 0.2) is 11.6 Å². The second-order valence-electron chi connectivity index (χ2n) is 12.1. The van der Waals surface area contributed by atoms with Crippen molar-refractivity contribution in [3.8, 4) is 0 Å². The molecule has 0 amide bonds. The molecule has 0 bridgehead atoms. The third kappa shape index (κ3) is 3.64. The van der Waals surface area contributed by atoms with Crippen LogP contribution in [0.1, 0.15) is 91.9 Å². The largest absolute Gasteiger partial charge is 0.395 e. The minimum Gasteiger partial charge on any atom is -0.395 e.